The Morgan fingerprint density at radius 3 is 2.52 bits per heavy atom. The van der Waals surface area contributed by atoms with E-state index in [1.165, 1.54) is 17.7 Å². The van der Waals surface area contributed by atoms with Crippen LogP contribution in [0.3, 0.4) is 0 Å². The first-order chi connectivity index (χ1) is 13.8. The second kappa shape index (κ2) is 9.33. The molecule has 0 amide bonds. The first-order valence-electron chi connectivity index (χ1n) is 8.80. The standard InChI is InChI=1S/C22H18Br2N2O3/c1-14-4-3-5-21(15(14)2)25-12-17-10-18(23)11-20(24)22(17)29-13-16-6-8-19(9-7-16)26(27)28/h3-12H,13H2,1-2H3. The highest BCUT2D eigenvalue weighted by atomic mass is 79.9. The number of aryl methyl sites for hydroxylation is 1. The zero-order valence-corrected chi connectivity index (χ0v) is 19.0. The lowest BCUT2D eigenvalue weighted by molar-refractivity contribution is -0.384. The van der Waals surface area contributed by atoms with E-state index in [0.29, 0.717) is 5.75 Å². The SMILES string of the molecule is Cc1cccc(N=Cc2cc(Br)cc(Br)c2OCc2ccc([N+](=O)[O-])cc2)c1C. The molecule has 0 N–H and O–H groups in total. The fourth-order valence-electron chi connectivity index (χ4n) is 2.71. The lowest BCUT2D eigenvalue weighted by atomic mass is 10.1. The van der Waals surface area contributed by atoms with E-state index in [4.69, 9.17) is 4.74 Å². The predicted molar refractivity (Wildman–Crippen MR) is 122 cm³/mol. The second-order valence-corrected chi connectivity index (χ2v) is 8.27. The van der Waals surface area contributed by atoms with Crippen LogP contribution in [-0.2, 0) is 6.61 Å². The van der Waals surface area contributed by atoms with Crippen LogP contribution in [0, 0.1) is 24.0 Å². The minimum absolute atomic E-state index is 0.0555. The van der Waals surface area contributed by atoms with Gasteiger partial charge in [-0.05, 0) is 76.8 Å². The van der Waals surface area contributed by atoms with Gasteiger partial charge in [0.2, 0.25) is 0 Å². The molecule has 3 aromatic carbocycles. The largest absolute Gasteiger partial charge is 0.487 e. The van der Waals surface area contributed by atoms with Crippen LogP contribution in [0.2, 0.25) is 0 Å². The number of ether oxygens (including phenoxy) is 1. The third kappa shape index (κ3) is 5.31. The molecule has 0 aliphatic rings. The van der Waals surface area contributed by atoms with Gasteiger partial charge in [0.1, 0.15) is 12.4 Å². The van der Waals surface area contributed by atoms with E-state index in [-0.39, 0.29) is 12.3 Å². The molecule has 0 spiro atoms. The summed E-state index contributed by atoms with van der Waals surface area (Å²) in [5.41, 5.74) is 4.93. The summed E-state index contributed by atoms with van der Waals surface area (Å²) in [6, 6.07) is 16.2. The zero-order valence-electron chi connectivity index (χ0n) is 15.9. The lowest BCUT2D eigenvalue weighted by Crippen LogP contribution is -2.00. The third-order valence-corrected chi connectivity index (χ3v) is 5.53. The Bertz CT molecular complexity index is 1080. The van der Waals surface area contributed by atoms with Gasteiger partial charge >= 0.3 is 0 Å². The quantitative estimate of drug-likeness (QED) is 0.199. The maximum atomic E-state index is 10.8. The molecule has 7 heteroatoms. The van der Waals surface area contributed by atoms with Crippen LogP contribution in [0.15, 0.2) is 68.5 Å². The average molecular weight is 518 g/mol. The van der Waals surface area contributed by atoms with Crippen LogP contribution in [-0.4, -0.2) is 11.1 Å². The molecule has 5 nitrogen and oxygen atoms in total. The van der Waals surface area contributed by atoms with Gasteiger partial charge in [0.25, 0.3) is 5.69 Å². The molecule has 0 bridgehead atoms. The van der Waals surface area contributed by atoms with E-state index in [0.717, 1.165) is 31.3 Å². The summed E-state index contributed by atoms with van der Waals surface area (Å²) in [5, 5.41) is 10.8. The number of aliphatic imine (C=N–C) groups is 1. The van der Waals surface area contributed by atoms with Crippen molar-refractivity contribution in [3.63, 3.8) is 0 Å². The molecule has 0 fully saturated rings. The van der Waals surface area contributed by atoms with Gasteiger partial charge in [-0.15, -0.1) is 0 Å². The van der Waals surface area contributed by atoms with Gasteiger partial charge in [-0.1, -0.05) is 28.1 Å². The van der Waals surface area contributed by atoms with Crippen molar-refractivity contribution in [2.24, 2.45) is 4.99 Å². The van der Waals surface area contributed by atoms with Crippen molar-refractivity contribution >= 4 is 49.4 Å². The molecule has 0 unspecified atom stereocenters. The number of hydrogen-bond donors (Lipinski definition) is 0. The lowest BCUT2D eigenvalue weighted by Gasteiger charge is -2.12. The van der Waals surface area contributed by atoms with E-state index in [2.05, 4.69) is 49.8 Å². The minimum atomic E-state index is -0.419. The van der Waals surface area contributed by atoms with Crippen molar-refractivity contribution in [1.29, 1.82) is 0 Å². The molecule has 0 radical (unpaired) electrons. The summed E-state index contributed by atoms with van der Waals surface area (Å²) in [7, 11) is 0. The Morgan fingerprint density at radius 1 is 1.10 bits per heavy atom. The van der Waals surface area contributed by atoms with Gasteiger partial charge in [0, 0.05) is 28.4 Å². The normalized spacial score (nSPS) is 11.0. The number of rotatable bonds is 6. The maximum absolute atomic E-state index is 10.8. The molecule has 0 aliphatic carbocycles. The fourth-order valence-corrected chi connectivity index (χ4v) is 4.09. The molecule has 29 heavy (non-hydrogen) atoms. The van der Waals surface area contributed by atoms with E-state index < -0.39 is 4.92 Å². The molecule has 148 valence electrons. The molecule has 3 rings (SSSR count). The number of halogens is 2. The smallest absolute Gasteiger partial charge is 0.269 e. The molecule has 0 saturated carbocycles. The summed E-state index contributed by atoms with van der Waals surface area (Å²) in [4.78, 5) is 15.0. The van der Waals surface area contributed by atoms with Crippen LogP contribution in [0.25, 0.3) is 0 Å². The van der Waals surface area contributed by atoms with Crippen molar-refractivity contribution < 1.29 is 9.66 Å². The van der Waals surface area contributed by atoms with Crippen LogP contribution >= 0.6 is 31.9 Å². The number of nitro groups is 1. The number of nitrogens with zero attached hydrogens (tertiary/aromatic N) is 2. The topological polar surface area (TPSA) is 64.7 Å². The second-order valence-electron chi connectivity index (χ2n) is 6.50. The van der Waals surface area contributed by atoms with Crippen molar-refractivity contribution in [2.45, 2.75) is 20.5 Å². The summed E-state index contributed by atoms with van der Waals surface area (Å²) < 4.78 is 7.71. The van der Waals surface area contributed by atoms with Crippen molar-refractivity contribution in [2.75, 3.05) is 0 Å². The Hall–Kier alpha value is -2.51. The van der Waals surface area contributed by atoms with Crippen LogP contribution in [0.4, 0.5) is 11.4 Å². The summed E-state index contributed by atoms with van der Waals surface area (Å²) in [6.07, 6.45) is 1.78. The van der Waals surface area contributed by atoms with Gasteiger partial charge in [-0.2, -0.15) is 0 Å². The van der Waals surface area contributed by atoms with Gasteiger partial charge < -0.3 is 4.74 Å². The van der Waals surface area contributed by atoms with Gasteiger partial charge in [0.15, 0.2) is 0 Å². The summed E-state index contributed by atoms with van der Waals surface area (Å²) >= 11 is 7.05. The monoisotopic (exact) mass is 516 g/mol. The molecule has 0 saturated heterocycles. The van der Waals surface area contributed by atoms with Crippen molar-refractivity contribution in [1.82, 2.24) is 0 Å². The van der Waals surface area contributed by atoms with Gasteiger partial charge in [0.05, 0.1) is 15.1 Å². The van der Waals surface area contributed by atoms with Gasteiger partial charge in [-0.3, -0.25) is 15.1 Å². The third-order valence-electron chi connectivity index (χ3n) is 4.49. The van der Waals surface area contributed by atoms with Gasteiger partial charge in [-0.25, -0.2) is 0 Å². The number of nitro benzene ring substituents is 1. The number of benzene rings is 3. The van der Waals surface area contributed by atoms with Crippen LogP contribution < -0.4 is 4.74 Å². The molecular formula is C22H18Br2N2O3. The number of hydrogen-bond acceptors (Lipinski definition) is 4. The molecule has 0 aromatic heterocycles. The maximum Gasteiger partial charge on any atom is 0.269 e. The Kier molecular flexibility index (Phi) is 6.82. The minimum Gasteiger partial charge on any atom is -0.487 e. The number of non-ortho nitro benzene ring substituents is 1. The molecule has 3 aromatic rings. The highest BCUT2D eigenvalue weighted by molar-refractivity contribution is 9.11. The highest BCUT2D eigenvalue weighted by Gasteiger charge is 2.11. The van der Waals surface area contributed by atoms with Crippen molar-refractivity contribution in [3.8, 4) is 5.75 Å². The summed E-state index contributed by atoms with van der Waals surface area (Å²) in [6.45, 7) is 4.39. The fraction of sp³-hybridized carbons (Fsp3) is 0.136. The van der Waals surface area contributed by atoms with E-state index in [1.54, 1.807) is 18.3 Å². The molecular weight excluding hydrogens is 500 g/mol. The van der Waals surface area contributed by atoms with Crippen LogP contribution in [0.1, 0.15) is 22.3 Å². The molecule has 0 heterocycles. The predicted octanol–water partition coefficient (Wildman–Crippen LogP) is 7.07. The Labute approximate surface area is 185 Å². The van der Waals surface area contributed by atoms with Crippen molar-refractivity contribution in [3.05, 3.63) is 95.9 Å². The molecule has 0 atom stereocenters. The first kappa shape index (κ1) is 21.2. The van der Waals surface area contributed by atoms with E-state index in [9.17, 15) is 10.1 Å². The first-order valence-corrected chi connectivity index (χ1v) is 10.4. The van der Waals surface area contributed by atoms with Crippen LogP contribution in [0.5, 0.6) is 5.75 Å². The van der Waals surface area contributed by atoms with E-state index >= 15 is 0 Å². The Morgan fingerprint density at radius 2 is 1.83 bits per heavy atom. The average Bonchev–Trinajstić information content (AvgIpc) is 2.68. The van der Waals surface area contributed by atoms with E-state index in [1.807, 2.05) is 31.2 Å². The zero-order chi connectivity index (χ0) is 21.0. The highest BCUT2D eigenvalue weighted by Crippen LogP contribution is 2.33. The summed E-state index contributed by atoms with van der Waals surface area (Å²) in [5.74, 6) is 0.653. The molecule has 0 aliphatic heterocycles. The Balaban J connectivity index is 1.86.